The van der Waals surface area contributed by atoms with Gasteiger partial charge in [0.15, 0.2) is 0 Å². The van der Waals surface area contributed by atoms with E-state index in [0.717, 1.165) is 10.5 Å². The van der Waals surface area contributed by atoms with Crippen LogP contribution in [0.15, 0.2) is 84.9 Å². The first-order valence-corrected chi connectivity index (χ1v) is 12.3. The van der Waals surface area contributed by atoms with Gasteiger partial charge in [0.05, 0.1) is 17.3 Å². The average Bonchev–Trinajstić information content (AvgIpc) is 3.15. The molecule has 1 aliphatic rings. The van der Waals surface area contributed by atoms with Crippen molar-refractivity contribution in [3.63, 3.8) is 0 Å². The summed E-state index contributed by atoms with van der Waals surface area (Å²) in [5, 5.41) is 8.45. The van der Waals surface area contributed by atoms with Crippen LogP contribution in [0.1, 0.15) is 54.2 Å². The Hall–Kier alpha value is -4.46. The van der Waals surface area contributed by atoms with Crippen LogP contribution in [0.2, 0.25) is 0 Å². The molecule has 37 heavy (non-hydrogen) atoms. The summed E-state index contributed by atoms with van der Waals surface area (Å²) >= 11 is 0. The van der Waals surface area contributed by atoms with E-state index in [4.69, 9.17) is 0 Å². The Kier molecular flexibility index (Phi) is 7.67. The maximum atomic E-state index is 13.4. The summed E-state index contributed by atoms with van der Waals surface area (Å²) in [6.07, 6.45) is 1.06. The molecule has 1 saturated heterocycles. The van der Waals surface area contributed by atoms with Crippen molar-refractivity contribution in [1.29, 1.82) is 0 Å². The van der Waals surface area contributed by atoms with E-state index in [2.05, 4.69) is 16.0 Å². The smallest absolute Gasteiger partial charge is 0.325 e. The maximum absolute atomic E-state index is 13.4. The van der Waals surface area contributed by atoms with Crippen LogP contribution in [0.4, 0.5) is 10.5 Å². The maximum Gasteiger partial charge on any atom is 0.325 e. The SMILES string of the molecule is CCCC1(c2ccccc2)NC(=O)N(CC(=O)Nc2ccccc2C(=O)NC(C)c2ccccc2)C1=O. The summed E-state index contributed by atoms with van der Waals surface area (Å²) in [5.74, 6) is -1.41. The van der Waals surface area contributed by atoms with Gasteiger partial charge in [0.2, 0.25) is 5.91 Å². The molecule has 190 valence electrons. The highest BCUT2D eigenvalue weighted by atomic mass is 16.2. The lowest BCUT2D eigenvalue weighted by molar-refractivity contribution is -0.134. The highest BCUT2D eigenvalue weighted by Gasteiger charge is 2.52. The fourth-order valence-corrected chi connectivity index (χ4v) is 4.60. The second-order valence-corrected chi connectivity index (χ2v) is 9.04. The van der Waals surface area contributed by atoms with Crippen molar-refractivity contribution < 1.29 is 19.2 Å². The van der Waals surface area contributed by atoms with Crippen LogP contribution in [-0.2, 0) is 15.1 Å². The molecule has 0 saturated carbocycles. The lowest BCUT2D eigenvalue weighted by Gasteiger charge is -2.26. The summed E-state index contributed by atoms with van der Waals surface area (Å²) in [6.45, 7) is 3.33. The number of imide groups is 1. The molecule has 2 atom stereocenters. The summed E-state index contributed by atoms with van der Waals surface area (Å²) in [6, 6.07) is 24.3. The Bertz CT molecular complexity index is 1300. The summed E-state index contributed by atoms with van der Waals surface area (Å²) in [7, 11) is 0. The standard InChI is InChI=1S/C29H30N4O4/c1-3-18-29(22-14-8-5-9-15-22)27(36)33(28(37)32-29)19-25(34)31-24-17-11-10-16-23(24)26(35)30-20(2)21-12-6-4-7-13-21/h4-17,20H,3,18-19H2,1-2H3,(H,30,35)(H,31,34)(H,32,37). The van der Waals surface area contributed by atoms with Gasteiger partial charge in [-0.15, -0.1) is 0 Å². The van der Waals surface area contributed by atoms with Crippen molar-refractivity contribution in [2.24, 2.45) is 0 Å². The van der Waals surface area contributed by atoms with Gasteiger partial charge in [0, 0.05) is 0 Å². The largest absolute Gasteiger partial charge is 0.345 e. The molecule has 1 aliphatic heterocycles. The molecule has 0 bridgehead atoms. The third-order valence-corrected chi connectivity index (χ3v) is 6.46. The highest BCUT2D eigenvalue weighted by molar-refractivity contribution is 6.11. The van der Waals surface area contributed by atoms with E-state index in [9.17, 15) is 19.2 Å². The number of carbonyl (C=O) groups is 4. The molecular weight excluding hydrogens is 468 g/mol. The van der Waals surface area contributed by atoms with Crippen molar-refractivity contribution in [3.05, 3.63) is 102 Å². The molecule has 0 aromatic heterocycles. The molecule has 3 aromatic carbocycles. The minimum absolute atomic E-state index is 0.243. The molecular formula is C29H30N4O4. The zero-order valence-corrected chi connectivity index (χ0v) is 20.9. The fraction of sp³-hybridized carbons (Fsp3) is 0.241. The zero-order chi connectivity index (χ0) is 26.4. The van der Waals surface area contributed by atoms with Crippen molar-refractivity contribution in [2.45, 2.75) is 38.3 Å². The van der Waals surface area contributed by atoms with Crippen LogP contribution in [0, 0.1) is 0 Å². The second-order valence-electron chi connectivity index (χ2n) is 9.04. The summed E-state index contributed by atoms with van der Waals surface area (Å²) < 4.78 is 0. The Morgan fingerprint density at radius 2 is 1.54 bits per heavy atom. The summed E-state index contributed by atoms with van der Waals surface area (Å²) in [5.41, 5.74) is 0.983. The van der Waals surface area contributed by atoms with E-state index in [1.54, 1.807) is 36.4 Å². The van der Waals surface area contributed by atoms with Crippen LogP contribution in [0.5, 0.6) is 0 Å². The van der Waals surface area contributed by atoms with Crippen molar-refractivity contribution in [2.75, 3.05) is 11.9 Å². The number of hydrogen-bond donors (Lipinski definition) is 3. The van der Waals surface area contributed by atoms with E-state index >= 15 is 0 Å². The van der Waals surface area contributed by atoms with Gasteiger partial charge in [-0.2, -0.15) is 0 Å². The fourth-order valence-electron chi connectivity index (χ4n) is 4.60. The monoisotopic (exact) mass is 498 g/mol. The molecule has 8 heteroatoms. The number of hydrogen-bond acceptors (Lipinski definition) is 4. The van der Waals surface area contributed by atoms with Crippen molar-refractivity contribution in [1.82, 2.24) is 15.5 Å². The number of nitrogens with one attached hydrogen (secondary N) is 3. The van der Waals surface area contributed by atoms with Crippen LogP contribution in [-0.4, -0.2) is 35.2 Å². The number of carbonyl (C=O) groups excluding carboxylic acids is 4. The number of urea groups is 1. The van der Waals surface area contributed by atoms with Gasteiger partial charge < -0.3 is 16.0 Å². The number of nitrogens with zero attached hydrogens (tertiary/aromatic N) is 1. The summed E-state index contributed by atoms with van der Waals surface area (Å²) in [4.78, 5) is 53.2. The molecule has 4 rings (SSSR count). The van der Waals surface area contributed by atoms with Crippen molar-refractivity contribution in [3.8, 4) is 0 Å². The van der Waals surface area contributed by atoms with Crippen LogP contribution < -0.4 is 16.0 Å². The van der Waals surface area contributed by atoms with Crippen LogP contribution in [0.3, 0.4) is 0 Å². The quantitative estimate of drug-likeness (QED) is 0.381. The predicted molar refractivity (Wildman–Crippen MR) is 141 cm³/mol. The number of benzene rings is 3. The zero-order valence-electron chi connectivity index (χ0n) is 20.9. The number of rotatable bonds is 9. The lowest BCUT2D eigenvalue weighted by atomic mass is 9.85. The minimum atomic E-state index is -1.21. The predicted octanol–water partition coefficient (Wildman–Crippen LogP) is 4.36. The first-order chi connectivity index (χ1) is 17.9. The second kappa shape index (κ2) is 11.1. The van der Waals surface area contributed by atoms with Crippen molar-refractivity contribution >= 4 is 29.4 Å². The molecule has 2 unspecified atom stereocenters. The van der Waals surface area contributed by atoms with E-state index in [0.29, 0.717) is 24.1 Å². The molecule has 0 aliphatic carbocycles. The van der Waals surface area contributed by atoms with Gasteiger partial charge in [-0.3, -0.25) is 19.3 Å². The van der Waals surface area contributed by atoms with Gasteiger partial charge in [-0.25, -0.2) is 4.79 Å². The molecule has 1 heterocycles. The van der Waals surface area contributed by atoms with Gasteiger partial charge in [-0.05, 0) is 36.6 Å². The molecule has 3 aromatic rings. The van der Waals surface area contributed by atoms with Gasteiger partial charge in [-0.1, -0.05) is 86.1 Å². The molecule has 3 N–H and O–H groups in total. The Balaban J connectivity index is 1.48. The molecule has 5 amide bonds. The topological polar surface area (TPSA) is 108 Å². The Morgan fingerprint density at radius 1 is 0.919 bits per heavy atom. The van der Waals surface area contributed by atoms with Crippen LogP contribution >= 0.6 is 0 Å². The Morgan fingerprint density at radius 3 is 2.22 bits per heavy atom. The normalized spacial score (nSPS) is 17.7. The number of anilines is 1. The van der Waals surface area contributed by atoms with E-state index < -0.39 is 29.9 Å². The molecule has 0 radical (unpaired) electrons. The Labute approximate surface area is 216 Å². The molecule has 0 spiro atoms. The third kappa shape index (κ3) is 5.38. The van der Waals surface area contributed by atoms with Gasteiger partial charge >= 0.3 is 6.03 Å². The first-order valence-electron chi connectivity index (χ1n) is 12.3. The van der Waals surface area contributed by atoms with Gasteiger partial charge in [0.25, 0.3) is 11.8 Å². The number of para-hydroxylation sites is 1. The minimum Gasteiger partial charge on any atom is -0.345 e. The van der Waals surface area contributed by atoms with Gasteiger partial charge in [0.1, 0.15) is 12.1 Å². The lowest BCUT2D eigenvalue weighted by Crippen LogP contribution is -2.44. The van der Waals surface area contributed by atoms with E-state index in [1.807, 2.05) is 62.4 Å². The highest BCUT2D eigenvalue weighted by Crippen LogP contribution is 2.33. The third-order valence-electron chi connectivity index (χ3n) is 6.46. The number of amides is 5. The van der Waals surface area contributed by atoms with E-state index in [1.165, 1.54) is 0 Å². The molecule has 1 fully saturated rings. The van der Waals surface area contributed by atoms with Crippen LogP contribution in [0.25, 0.3) is 0 Å². The first kappa shape index (κ1) is 25.6. The van der Waals surface area contributed by atoms with E-state index in [-0.39, 0.29) is 17.5 Å². The average molecular weight is 499 g/mol. The molecule has 8 nitrogen and oxygen atoms in total.